The van der Waals surface area contributed by atoms with Crippen molar-refractivity contribution in [2.75, 3.05) is 27.2 Å². The molecule has 3 N–H and O–H groups in total. The maximum atomic E-state index is 12.3. The van der Waals surface area contributed by atoms with Gasteiger partial charge >= 0.3 is 6.03 Å². The molecule has 0 aromatic heterocycles. The van der Waals surface area contributed by atoms with Gasteiger partial charge in [0.15, 0.2) is 0 Å². The number of nitrogens with zero attached hydrogens (tertiary/aromatic N) is 1. The zero-order valence-corrected chi connectivity index (χ0v) is 15.8. The predicted octanol–water partition coefficient (Wildman–Crippen LogP) is 2.88. The second-order valence-electron chi connectivity index (χ2n) is 6.57. The second-order valence-corrected chi connectivity index (χ2v) is 6.57. The van der Waals surface area contributed by atoms with Gasteiger partial charge in [0.1, 0.15) is 0 Å². The van der Waals surface area contributed by atoms with Crippen LogP contribution in [0.4, 0.5) is 4.79 Å². The molecule has 0 heterocycles. The van der Waals surface area contributed by atoms with E-state index in [4.69, 9.17) is 0 Å². The Morgan fingerprint density at radius 3 is 2.23 bits per heavy atom. The Bertz CT molecular complexity index is 671. The summed E-state index contributed by atoms with van der Waals surface area (Å²) in [5, 5.41) is 15.3. The SMILES string of the molecule is CCc1ccc(C(CNC(=O)NC(CO)c2ccccc2)N(C)C)cc1. The molecule has 0 bridgehead atoms. The highest BCUT2D eigenvalue weighted by atomic mass is 16.3. The molecule has 0 aliphatic heterocycles. The molecule has 0 aliphatic carbocycles. The Morgan fingerprint density at radius 1 is 1.04 bits per heavy atom. The van der Waals surface area contributed by atoms with Crippen LogP contribution in [0.1, 0.15) is 35.7 Å². The second kappa shape index (κ2) is 9.94. The highest BCUT2D eigenvalue weighted by Gasteiger charge is 2.17. The van der Waals surface area contributed by atoms with Crippen LogP contribution in [-0.2, 0) is 6.42 Å². The van der Waals surface area contributed by atoms with E-state index in [0.29, 0.717) is 6.54 Å². The zero-order chi connectivity index (χ0) is 18.9. The van der Waals surface area contributed by atoms with Crippen LogP contribution in [0.5, 0.6) is 0 Å². The van der Waals surface area contributed by atoms with Crippen molar-refractivity contribution in [3.05, 3.63) is 71.3 Å². The molecule has 0 spiro atoms. The fourth-order valence-corrected chi connectivity index (χ4v) is 2.89. The minimum absolute atomic E-state index is 0.0796. The first-order chi connectivity index (χ1) is 12.5. The van der Waals surface area contributed by atoms with Crippen LogP contribution in [-0.4, -0.2) is 43.3 Å². The molecule has 0 aliphatic rings. The summed E-state index contributed by atoms with van der Waals surface area (Å²) in [5.41, 5.74) is 3.34. The number of urea groups is 1. The molecule has 2 aromatic rings. The van der Waals surface area contributed by atoms with E-state index in [1.807, 2.05) is 44.4 Å². The van der Waals surface area contributed by atoms with Gasteiger partial charge in [-0.15, -0.1) is 0 Å². The summed E-state index contributed by atoms with van der Waals surface area (Å²) >= 11 is 0. The highest BCUT2D eigenvalue weighted by Crippen LogP contribution is 2.18. The van der Waals surface area contributed by atoms with Crippen molar-refractivity contribution in [2.45, 2.75) is 25.4 Å². The smallest absolute Gasteiger partial charge is 0.315 e. The average Bonchev–Trinajstić information content (AvgIpc) is 2.67. The number of amides is 2. The van der Waals surface area contributed by atoms with Gasteiger partial charge < -0.3 is 20.6 Å². The molecule has 5 nitrogen and oxygen atoms in total. The highest BCUT2D eigenvalue weighted by molar-refractivity contribution is 5.74. The molecule has 5 heteroatoms. The number of carbonyl (C=O) groups excluding carboxylic acids is 1. The van der Waals surface area contributed by atoms with Gasteiger partial charge in [-0.05, 0) is 37.2 Å². The van der Waals surface area contributed by atoms with Crippen molar-refractivity contribution in [3.63, 3.8) is 0 Å². The molecule has 140 valence electrons. The summed E-state index contributed by atoms with van der Waals surface area (Å²) in [6.45, 7) is 2.47. The standard InChI is InChI=1S/C21H29N3O2/c1-4-16-10-12-18(13-11-16)20(24(2)3)14-22-21(26)23-19(15-25)17-8-6-5-7-9-17/h5-13,19-20,25H,4,14-15H2,1-3H3,(H2,22,23,26). The van der Waals surface area contributed by atoms with Gasteiger partial charge in [-0.25, -0.2) is 4.79 Å². The van der Waals surface area contributed by atoms with Gasteiger partial charge in [0.2, 0.25) is 0 Å². The van der Waals surface area contributed by atoms with Crippen molar-refractivity contribution < 1.29 is 9.90 Å². The molecule has 26 heavy (non-hydrogen) atoms. The van der Waals surface area contributed by atoms with E-state index in [-0.39, 0.29) is 18.7 Å². The van der Waals surface area contributed by atoms with Crippen molar-refractivity contribution in [3.8, 4) is 0 Å². The lowest BCUT2D eigenvalue weighted by Crippen LogP contribution is -2.42. The third-order valence-corrected chi connectivity index (χ3v) is 4.54. The first kappa shape index (κ1) is 19.9. The molecule has 2 atom stereocenters. The van der Waals surface area contributed by atoms with Crippen LogP contribution < -0.4 is 10.6 Å². The lowest BCUT2D eigenvalue weighted by atomic mass is 10.0. The number of nitrogens with one attached hydrogen (secondary N) is 2. The molecule has 2 unspecified atom stereocenters. The topological polar surface area (TPSA) is 64.6 Å². The van der Waals surface area contributed by atoms with Crippen LogP contribution in [0.25, 0.3) is 0 Å². The molecule has 2 amide bonds. The maximum absolute atomic E-state index is 12.3. The van der Waals surface area contributed by atoms with Crippen LogP contribution in [0.3, 0.4) is 0 Å². The number of aliphatic hydroxyl groups is 1. The van der Waals surface area contributed by atoms with Crippen LogP contribution in [0, 0.1) is 0 Å². The summed E-state index contributed by atoms with van der Waals surface area (Å²) in [7, 11) is 4.00. The van der Waals surface area contributed by atoms with Gasteiger partial charge in [0.25, 0.3) is 0 Å². The Labute approximate surface area is 156 Å². The Hall–Kier alpha value is -2.37. The van der Waals surface area contributed by atoms with Crippen molar-refractivity contribution in [1.29, 1.82) is 0 Å². The molecule has 0 radical (unpaired) electrons. The summed E-state index contributed by atoms with van der Waals surface area (Å²) in [4.78, 5) is 14.4. The van der Waals surface area contributed by atoms with Gasteiger partial charge in [0, 0.05) is 6.54 Å². The predicted molar refractivity (Wildman–Crippen MR) is 105 cm³/mol. The number of aryl methyl sites for hydroxylation is 1. The van der Waals surface area contributed by atoms with E-state index in [0.717, 1.165) is 17.5 Å². The van der Waals surface area contributed by atoms with Gasteiger partial charge in [-0.3, -0.25) is 0 Å². The van der Waals surface area contributed by atoms with Crippen molar-refractivity contribution >= 4 is 6.03 Å². The van der Waals surface area contributed by atoms with Gasteiger partial charge in [-0.1, -0.05) is 61.5 Å². The number of hydrogen-bond acceptors (Lipinski definition) is 3. The monoisotopic (exact) mass is 355 g/mol. The Morgan fingerprint density at radius 2 is 1.69 bits per heavy atom. The van der Waals surface area contributed by atoms with E-state index in [2.05, 4.69) is 46.7 Å². The van der Waals surface area contributed by atoms with E-state index in [1.54, 1.807) is 0 Å². The van der Waals surface area contributed by atoms with Crippen LogP contribution in [0.15, 0.2) is 54.6 Å². The lowest BCUT2D eigenvalue weighted by molar-refractivity contribution is 0.212. The van der Waals surface area contributed by atoms with Crippen molar-refractivity contribution in [2.24, 2.45) is 0 Å². The number of aliphatic hydroxyl groups excluding tert-OH is 1. The third kappa shape index (κ3) is 5.58. The Balaban J connectivity index is 1.96. The van der Waals surface area contributed by atoms with Gasteiger partial charge in [-0.2, -0.15) is 0 Å². The Kier molecular flexibility index (Phi) is 7.63. The van der Waals surface area contributed by atoms with Crippen LogP contribution in [0.2, 0.25) is 0 Å². The van der Waals surface area contributed by atoms with E-state index in [9.17, 15) is 9.90 Å². The average molecular weight is 355 g/mol. The first-order valence-corrected chi connectivity index (χ1v) is 9.00. The normalized spacial score (nSPS) is 13.3. The molecule has 2 aromatic carbocycles. The van der Waals surface area contributed by atoms with Crippen LogP contribution >= 0.6 is 0 Å². The molecule has 0 fully saturated rings. The number of hydrogen-bond donors (Lipinski definition) is 3. The summed E-state index contributed by atoms with van der Waals surface area (Å²) < 4.78 is 0. The summed E-state index contributed by atoms with van der Waals surface area (Å²) in [5.74, 6) is 0. The molecular weight excluding hydrogens is 326 g/mol. The fourth-order valence-electron chi connectivity index (χ4n) is 2.89. The maximum Gasteiger partial charge on any atom is 0.315 e. The summed E-state index contributed by atoms with van der Waals surface area (Å²) in [6, 6.07) is 17.3. The van der Waals surface area contributed by atoms with Gasteiger partial charge in [0.05, 0.1) is 18.7 Å². The van der Waals surface area contributed by atoms with E-state index < -0.39 is 6.04 Å². The van der Waals surface area contributed by atoms with Crippen molar-refractivity contribution in [1.82, 2.24) is 15.5 Å². The zero-order valence-electron chi connectivity index (χ0n) is 15.8. The molecule has 0 saturated carbocycles. The first-order valence-electron chi connectivity index (χ1n) is 9.00. The van der Waals surface area contributed by atoms with E-state index in [1.165, 1.54) is 5.56 Å². The quantitative estimate of drug-likeness (QED) is 0.682. The largest absolute Gasteiger partial charge is 0.394 e. The number of rotatable bonds is 8. The molecule has 0 saturated heterocycles. The lowest BCUT2D eigenvalue weighted by Gasteiger charge is -2.26. The number of carbonyl (C=O) groups is 1. The minimum Gasteiger partial charge on any atom is -0.394 e. The minimum atomic E-state index is -0.419. The molecular formula is C21H29N3O2. The van der Waals surface area contributed by atoms with E-state index >= 15 is 0 Å². The third-order valence-electron chi connectivity index (χ3n) is 4.54. The number of benzene rings is 2. The molecule has 2 rings (SSSR count). The fraction of sp³-hybridized carbons (Fsp3) is 0.381. The summed E-state index contributed by atoms with van der Waals surface area (Å²) in [6.07, 6.45) is 1.01. The number of likely N-dealkylation sites (N-methyl/N-ethyl adjacent to an activating group) is 1.